The van der Waals surface area contributed by atoms with Gasteiger partial charge in [0.25, 0.3) is 0 Å². The molecule has 2 atom stereocenters. The van der Waals surface area contributed by atoms with Gasteiger partial charge in [-0.15, -0.1) is 12.4 Å². The summed E-state index contributed by atoms with van der Waals surface area (Å²) in [6.07, 6.45) is 4.49. The molecule has 2 unspecified atom stereocenters. The van der Waals surface area contributed by atoms with Gasteiger partial charge in [-0.25, -0.2) is 0 Å². The Morgan fingerprint density at radius 2 is 1.42 bits per heavy atom. The van der Waals surface area contributed by atoms with Crippen molar-refractivity contribution in [3.8, 4) is 0 Å². The SMILES string of the molecule is C1=CC2NC1c1ccccc12.Cl. The second-order valence-electron chi connectivity index (χ2n) is 3.14. The average molecular weight is 180 g/mol. The fraction of sp³-hybridized carbons (Fsp3) is 0.200. The number of halogens is 1. The van der Waals surface area contributed by atoms with Crippen LogP contribution in [-0.4, -0.2) is 0 Å². The van der Waals surface area contributed by atoms with E-state index < -0.39 is 0 Å². The highest BCUT2D eigenvalue weighted by Crippen LogP contribution is 2.39. The van der Waals surface area contributed by atoms with Crippen molar-refractivity contribution in [3.05, 3.63) is 47.5 Å². The van der Waals surface area contributed by atoms with Gasteiger partial charge in [-0.2, -0.15) is 0 Å². The second kappa shape index (κ2) is 2.61. The van der Waals surface area contributed by atoms with Crippen molar-refractivity contribution >= 4 is 12.4 Å². The van der Waals surface area contributed by atoms with Gasteiger partial charge in [0.1, 0.15) is 0 Å². The topological polar surface area (TPSA) is 12.0 Å². The lowest BCUT2D eigenvalue weighted by atomic mass is 9.97. The zero-order valence-electron chi connectivity index (χ0n) is 6.53. The van der Waals surface area contributed by atoms with Gasteiger partial charge in [-0.1, -0.05) is 36.4 Å². The van der Waals surface area contributed by atoms with Crippen LogP contribution >= 0.6 is 12.4 Å². The number of hydrogen-bond acceptors (Lipinski definition) is 1. The highest BCUT2D eigenvalue weighted by molar-refractivity contribution is 5.85. The van der Waals surface area contributed by atoms with E-state index in [1.54, 1.807) is 0 Å². The summed E-state index contributed by atoms with van der Waals surface area (Å²) in [5.74, 6) is 0. The first-order valence-corrected chi connectivity index (χ1v) is 3.98. The molecule has 2 heteroatoms. The monoisotopic (exact) mass is 179 g/mol. The van der Waals surface area contributed by atoms with E-state index in [0.29, 0.717) is 12.1 Å². The largest absolute Gasteiger partial charge is 0.296 e. The molecule has 12 heavy (non-hydrogen) atoms. The lowest BCUT2D eigenvalue weighted by Gasteiger charge is -2.05. The zero-order chi connectivity index (χ0) is 7.26. The summed E-state index contributed by atoms with van der Waals surface area (Å²) in [6.45, 7) is 0. The summed E-state index contributed by atoms with van der Waals surface area (Å²) in [6, 6.07) is 9.62. The van der Waals surface area contributed by atoms with E-state index in [1.165, 1.54) is 11.1 Å². The first-order chi connectivity index (χ1) is 5.45. The van der Waals surface area contributed by atoms with Crippen LogP contribution in [0.5, 0.6) is 0 Å². The zero-order valence-corrected chi connectivity index (χ0v) is 7.34. The predicted molar refractivity (Wildman–Crippen MR) is 51.4 cm³/mol. The van der Waals surface area contributed by atoms with Gasteiger partial charge in [0, 0.05) is 0 Å². The maximum Gasteiger partial charge on any atom is 0.0517 e. The fourth-order valence-corrected chi connectivity index (χ4v) is 1.99. The van der Waals surface area contributed by atoms with Crippen LogP contribution in [0.3, 0.4) is 0 Å². The van der Waals surface area contributed by atoms with Crippen LogP contribution < -0.4 is 5.32 Å². The van der Waals surface area contributed by atoms with Crippen molar-refractivity contribution in [2.24, 2.45) is 0 Å². The van der Waals surface area contributed by atoms with Gasteiger partial charge in [-0.05, 0) is 11.1 Å². The number of fused-ring (bicyclic) bond motifs is 5. The van der Waals surface area contributed by atoms with E-state index in [1.807, 2.05) is 0 Å². The third-order valence-electron chi connectivity index (χ3n) is 2.52. The third-order valence-corrected chi connectivity index (χ3v) is 2.52. The molecule has 1 N–H and O–H groups in total. The molecule has 1 aromatic rings. The molecule has 1 nitrogen and oxygen atoms in total. The normalized spacial score (nSPS) is 28.3. The Hall–Kier alpha value is -0.790. The standard InChI is InChI=1S/C10H9N.ClH/c1-2-4-8-7(3-1)9-5-6-10(8)11-9;/h1-6,9-11H;1H. The van der Waals surface area contributed by atoms with Gasteiger partial charge in [0.15, 0.2) is 0 Å². The minimum absolute atomic E-state index is 0. The molecule has 3 rings (SSSR count). The van der Waals surface area contributed by atoms with Crippen molar-refractivity contribution in [2.45, 2.75) is 12.1 Å². The van der Waals surface area contributed by atoms with Crippen LogP contribution in [-0.2, 0) is 0 Å². The number of nitrogens with one attached hydrogen (secondary N) is 1. The summed E-state index contributed by atoms with van der Waals surface area (Å²) in [4.78, 5) is 0. The second-order valence-corrected chi connectivity index (χ2v) is 3.14. The third kappa shape index (κ3) is 0.838. The van der Waals surface area contributed by atoms with Crippen LogP contribution in [0.4, 0.5) is 0 Å². The molecule has 1 aromatic carbocycles. The Labute approximate surface area is 77.9 Å². The molecule has 0 radical (unpaired) electrons. The molecule has 62 valence electrons. The summed E-state index contributed by atoms with van der Waals surface area (Å²) in [5, 5.41) is 3.48. The molecule has 0 amide bonds. The van der Waals surface area contributed by atoms with Crippen LogP contribution in [0.25, 0.3) is 0 Å². The van der Waals surface area contributed by atoms with Crippen molar-refractivity contribution in [2.75, 3.05) is 0 Å². The Morgan fingerprint density at radius 1 is 0.917 bits per heavy atom. The Morgan fingerprint density at radius 3 is 1.92 bits per heavy atom. The molecule has 0 fully saturated rings. The Bertz CT molecular complexity index is 301. The quantitative estimate of drug-likeness (QED) is 0.603. The van der Waals surface area contributed by atoms with Gasteiger partial charge >= 0.3 is 0 Å². The lowest BCUT2D eigenvalue weighted by Crippen LogP contribution is -2.07. The summed E-state index contributed by atoms with van der Waals surface area (Å²) < 4.78 is 0. The van der Waals surface area contributed by atoms with Crippen molar-refractivity contribution in [1.82, 2.24) is 5.32 Å². The van der Waals surface area contributed by atoms with E-state index in [-0.39, 0.29) is 12.4 Å². The number of benzene rings is 1. The van der Waals surface area contributed by atoms with Crippen molar-refractivity contribution in [3.63, 3.8) is 0 Å². The molecule has 2 heterocycles. The molecular weight excluding hydrogens is 170 g/mol. The summed E-state index contributed by atoms with van der Waals surface area (Å²) >= 11 is 0. The van der Waals surface area contributed by atoms with Crippen LogP contribution in [0, 0.1) is 0 Å². The van der Waals surface area contributed by atoms with Crippen LogP contribution in [0.2, 0.25) is 0 Å². The highest BCUT2D eigenvalue weighted by atomic mass is 35.5. The van der Waals surface area contributed by atoms with Gasteiger partial charge in [0.05, 0.1) is 12.1 Å². The van der Waals surface area contributed by atoms with Gasteiger partial charge in [-0.3, -0.25) is 5.32 Å². The van der Waals surface area contributed by atoms with Crippen LogP contribution in [0.15, 0.2) is 36.4 Å². The Balaban J connectivity index is 0.000000563. The summed E-state index contributed by atoms with van der Waals surface area (Å²) in [7, 11) is 0. The maximum atomic E-state index is 3.48. The van der Waals surface area contributed by atoms with Crippen LogP contribution in [0.1, 0.15) is 23.2 Å². The smallest absolute Gasteiger partial charge is 0.0517 e. The van der Waals surface area contributed by atoms with E-state index in [0.717, 1.165) is 0 Å². The molecular formula is C10H10ClN. The van der Waals surface area contributed by atoms with E-state index >= 15 is 0 Å². The minimum atomic E-state index is 0. The maximum absolute atomic E-state index is 3.48. The van der Waals surface area contributed by atoms with Crippen molar-refractivity contribution < 1.29 is 0 Å². The molecule has 0 aliphatic carbocycles. The minimum Gasteiger partial charge on any atom is -0.296 e. The van der Waals surface area contributed by atoms with Gasteiger partial charge in [0.2, 0.25) is 0 Å². The van der Waals surface area contributed by atoms with Crippen molar-refractivity contribution in [1.29, 1.82) is 0 Å². The molecule has 0 saturated heterocycles. The molecule has 0 saturated carbocycles. The predicted octanol–water partition coefficient (Wildman–Crippen LogP) is 2.36. The van der Waals surface area contributed by atoms with E-state index in [4.69, 9.17) is 0 Å². The number of rotatable bonds is 0. The Kier molecular flexibility index (Phi) is 1.71. The van der Waals surface area contributed by atoms with E-state index in [2.05, 4.69) is 41.7 Å². The lowest BCUT2D eigenvalue weighted by molar-refractivity contribution is 0.673. The molecule has 2 bridgehead atoms. The first-order valence-electron chi connectivity index (χ1n) is 3.98. The average Bonchev–Trinajstić information content (AvgIpc) is 2.64. The molecule has 2 aliphatic rings. The fourth-order valence-electron chi connectivity index (χ4n) is 1.99. The summed E-state index contributed by atoms with van der Waals surface area (Å²) in [5.41, 5.74) is 2.92. The molecule has 0 aromatic heterocycles. The van der Waals surface area contributed by atoms with Gasteiger partial charge < -0.3 is 0 Å². The first kappa shape index (κ1) is 7.84. The number of hydrogen-bond donors (Lipinski definition) is 1. The highest BCUT2D eigenvalue weighted by Gasteiger charge is 2.30. The van der Waals surface area contributed by atoms with E-state index in [9.17, 15) is 0 Å². The molecule has 2 aliphatic heterocycles. The molecule has 0 spiro atoms.